The van der Waals surface area contributed by atoms with Crippen molar-refractivity contribution >= 4 is 5.91 Å². The maximum atomic E-state index is 12.0. The third-order valence-corrected chi connectivity index (χ3v) is 3.26. The second-order valence-electron chi connectivity index (χ2n) is 4.46. The number of nitrogens with zero attached hydrogens (tertiary/aromatic N) is 2. The normalized spacial score (nSPS) is 11.6. The number of hydrogen-bond donors (Lipinski definition) is 3. The molecule has 1 heterocycles. The van der Waals surface area contributed by atoms with E-state index in [2.05, 4.69) is 20.5 Å². The number of hydrogen-bond acceptors (Lipinski definition) is 4. The van der Waals surface area contributed by atoms with Crippen molar-refractivity contribution in [2.45, 2.75) is 52.0 Å². The molecule has 0 aliphatic heterocycles. The Balaban J connectivity index is 2.74. The van der Waals surface area contributed by atoms with Crippen molar-refractivity contribution in [2.75, 3.05) is 6.61 Å². The first-order valence-corrected chi connectivity index (χ1v) is 6.45. The van der Waals surface area contributed by atoms with Gasteiger partial charge in [-0.2, -0.15) is 0 Å². The molecular weight excluding hydrogens is 232 g/mol. The van der Waals surface area contributed by atoms with E-state index in [1.807, 2.05) is 20.8 Å². The topological polar surface area (TPSA) is 90.9 Å². The number of aryl methyl sites for hydroxylation is 1. The van der Waals surface area contributed by atoms with Crippen molar-refractivity contribution in [3.63, 3.8) is 0 Å². The van der Waals surface area contributed by atoms with Crippen LogP contribution >= 0.6 is 0 Å². The maximum Gasteiger partial charge on any atom is 0.291 e. The molecule has 1 aromatic rings. The van der Waals surface area contributed by atoms with E-state index >= 15 is 0 Å². The number of aliphatic hydroxyl groups excluding tert-OH is 1. The molecule has 1 aromatic heterocycles. The van der Waals surface area contributed by atoms with Gasteiger partial charge >= 0.3 is 0 Å². The van der Waals surface area contributed by atoms with Gasteiger partial charge in [-0.25, -0.2) is 4.98 Å². The summed E-state index contributed by atoms with van der Waals surface area (Å²) < 4.78 is 0. The number of amides is 1. The van der Waals surface area contributed by atoms with Crippen LogP contribution in [0.1, 0.15) is 56.5 Å². The highest BCUT2D eigenvalue weighted by Gasteiger charge is 2.28. The number of carbonyl (C=O) groups is 1. The summed E-state index contributed by atoms with van der Waals surface area (Å²) in [5.74, 6) is 0.509. The van der Waals surface area contributed by atoms with Gasteiger partial charge in [-0.1, -0.05) is 20.8 Å². The standard InChI is InChI=1S/C12H22N4O2/c1-4-7-9-13-10(16-15-9)11(18)14-12(5-2,6-3)8-17/h17H,4-8H2,1-3H3,(H,14,18)(H,13,15,16). The molecular formula is C12H22N4O2. The third kappa shape index (κ3) is 3.29. The molecule has 0 atom stereocenters. The molecule has 18 heavy (non-hydrogen) atoms. The van der Waals surface area contributed by atoms with E-state index < -0.39 is 5.54 Å². The van der Waals surface area contributed by atoms with E-state index in [1.54, 1.807) is 0 Å². The zero-order valence-corrected chi connectivity index (χ0v) is 11.3. The van der Waals surface area contributed by atoms with Crippen molar-refractivity contribution in [1.29, 1.82) is 0 Å². The largest absolute Gasteiger partial charge is 0.394 e. The average Bonchev–Trinajstić information content (AvgIpc) is 2.85. The quantitative estimate of drug-likeness (QED) is 0.678. The molecule has 1 rings (SSSR count). The fourth-order valence-electron chi connectivity index (χ4n) is 1.73. The van der Waals surface area contributed by atoms with Crippen LogP contribution in [0.4, 0.5) is 0 Å². The average molecular weight is 254 g/mol. The highest BCUT2D eigenvalue weighted by molar-refractivity contribution is 5.90. The molecule has 102 valence electrons. The Morgan fingerprint density at radius 3 is 2.56 bits per heavy atom. The van der Waals surface area contributed by atoms with Crippen LogP contribution in [-0.4, -0.2) is 38.3 Å². The monoisotopic (exact) mass is 254 g/mol. The van der Waals surface area contributed by atoms with Gasteiger partial charge in [-0.05, 0) is 19.3 Å². The molecule has 6 heteroatoms. The van der Waals surface area contributed by atoms with E-state index in [0.717, 1.165) is 12.8 Å². The molecule has 0 aliphatic carbocycles. The highest BCUT2D eigenvalue weighted by Crippen LogP contribution is 2.14. The van der Waals surface area contributed by atoms with Gasteiger partial charge in [0.25, 0.3) is 5.91 Å². The number of rotatable bonds is 7. The maximum absolute atomic E-state index is 12.0. The summed E-state index contributed by atoms with van der Waals surface area (Å²) in [6, 6.07) is 0. The van der Waals surface area contributed by atoms with Gasteiger partial charge in [0.05, 0.1) is 12.1 Å². The number of aromatic amines is 1. The Bertz CT molecular complexity index is 377. The molecule has 0 fully saturated rings. The summed E-state index contributed by atoms with van der Waals surface area (Å²) in [6.07, 6.45) is 3.05. The van der Waals surface area contributed by atoms with Gasteiger partial charge in [0, 0.05) is 6.42 Å². The Labute approximate surface area is 107 Å². The lowest BCUT2D eigenvalue weighted by molar-refractivity contribution is 0.0807. The fraction of sp³-hybridized carbons (Fsp3) is 0.750. The van der Waals surface area contributed by atoms with Crippen molar-refractivity contribution in [3.8, 4) is 0 Å². The molecule has 0 unspecified atom stereocenters. The molecule has 0 aromatic carbocycles. The van der Waals surface area contributed by atoms with Crippen molar-refractivity contribution in [2.24, 2.45) is 0 Å². The van der Waals surface area contributed by atoms with Crippen LogP contribution in [0.15, 0.2) is 0 Å². The van der Waals surface area contributed by atoms with Gasteiger partial charge in [0.1, 0.15) is 5.82 Å². The third-order valence-electron chi connectivity index (χ3n) is 3.26. The summed E-state index contributed by atoms with van der Waals surface area (Å²) in [6.45, 7) is 5.81. The molecule has 0 saturated heterocycles. The molecule has 6 nitrogen and oxygen atoms in total. The van der Waals surface area contributed by atoms with E-state index in [9.17, 15) is 9.90 Å². The number of H-pyrrole nitrogens is 1. The number of carbonyl (C=O) groups excluding carboxylic acids is 1. The van der Waals surface area contributed by atoms with Crippen molar-refractivity contribution in [1.82, 2.24) is 20.5 Å². The van der Waals surface area contributed by atoms with Crippen molar-refractivity contribution < 1.29 is 9.90 Å². The first kappa shape index (κ1) is 14.6. The Morgan fingerprint density at radius 2 is 2.06 bits per heavy atom. The Hall–Kier alpha value is -1.43. The predicted molar refractivity (Wildman–Crippen MR) is 68.2 cm³/mol. The van der Waals surface area contributed by atoms with E-state index in [4.69, 9.17) is 0 Å². The van der Waals surface area contributed by atoms with E-state index in [-0.39, 0.29) is 18.3 Å². The van der Waals surface area contributed by atoms with Crippen LogP contribution in [0.25, 0.3) is 0 Å². The van der Waals surface area contributed by atoms with Crippen LogP contribution in [-0.2, 0) is 6.42 Å². The first-order chi connectivity index (χ1) is 8.60. The van der Waals surface area contributed by atoms with Gasteiger partial charge < -0.3 is 10.4 Å². The van der Waals surface area contributed by atoms with Crippen molar-refractivity contribution in [3.05, 3.63) is 11.6 Å². The lowest BCUT2D eigenvalue weighted by Crippen LogP contribution is -2.50. The molecule has 0 bridgehead atoms. The van der Waals surface area contributed by atoms with Crippen LogP contribution < -0.4 is 5.32 Å². The lowest BCUT2D eigenvalue weighted by Gasteiger charge is -2.30. The Morgan fingerprint density at radius 1 is 1.39 bits per heavy atom. The van der Waals surface area contributed by atoms with Gasteiger partial charge in [0.15, 0.2) is 0 Å². The number of nitrogens with one attached hydrogen (secondary N) is 2. The summed E-state index contributed by atoms with van der Waals surface area (Å²) in [5, 5.41) is 18.9. The Kier molecular flexibility index (Phi) is 5.27. The van der Waals surface area contributed by atoms with Gasteiger partial charge in [0.2, 0.25) is 5.82 Å². The lowest BCUT2D eigenvalue weighted by atomic mass is 9.94. The molecule has 0 aliphatic rings. The smallest absolute Gasteiger partial charge is 0.291 e. The van der Waals surface area contributed by atoms with Crippen LogP contribution in [0.5, 0.6) is 0 Å². The number of aliphatic hydroxyl groups is 1. The molecule has 0 saturated carbocycles. The first-order valence-electron chi connectivity index (χ1n) is 6.45. The minimum atomic E-state index is -0.581. The predicted octanol–water partition coefficient (Wildman–Crippen LogP) is 1.04. The zero-order valence-electron chi connectivity index (χ0n) is 11.3. The van der Waals surface area contributed by atoms with E-state index in [0.29, 0.717) is 18.7 Å². The van der Waals surface area contributed by atoms with Gasteiger partial charge in [-0.15, -0.1) is 5.10 Å². The second-order valence-corrected chi connectivity index (χ2v) is 4.46. The van der Waals surface area contributed by atoms with E-state index in [1.165, 1.54) is 0 Å². The summed E-state index contributed by atoms with van der Waals surface area (Å²) in [5.41, 5.74) is -0.581. The minimum Gasteiger partial charge on any atom is -0.394 e. The minimum absolute atomic E-state index is 0.0853. The zero-order chi connectivity index (χ0) is 13.6. The second kappa shape index (κ2) is 6.49. The highest BCUT2D eigenvalue weighted by atomic mass is 16.3. The van der Waals surface area contributed by atoms with Crippen LogP contribution in [0.3, 0.4) is 0 Å². The SMILES string of the molecule is CCCc1nc(C(=O)NC(CC)(CC)CO)n[nH]1. The molecule has 3 N–H and O–H groups in total. The van der Waals surface area contributed by atoms with Gasteiger partial charge in [-0.3, -0.25) is 9.89 Å². The summed E-state index contributed by atoms with van der Waals surface area (Å²) in [4.78, 5) is 16.1. The van der Waals surface area contributed by atoms with Crippen LogP contribution in [0, 0.1) is 0 Å². The van der Waals surface area contributed by atoms with Crippen LogP contribution in [0.2, 0.25) is 0 Å². The molecule has 1 amide bonds. The summed E-state index contributed by atoms with van der Waals surface area (Å²) >= 11 is 0. The molecule has 0 radical (unpaired) electrons. The summed E-state index contributed by atoms with van der Waals surface area (Å²) in [7, 11) is 0. The molecule has 0 spiro atoms. The fourth-order valence-corrected chi connectivity index (χ4v) is 1.73. The number of aromatic nitrogens is 3.